The van der Waals surface area contributed by atoms with Crippen molar-refractivity contribution in [1.82, 2.24) is 9.91 Å². The molecular formula is C34H56N6. The first-order valence-corrected chi connectivity index (χ1v) is 17.7. The molecule has 0 aromatic heterocycles. The minimum atomic E-state index is 0.0715. The zero-order chi connectivity index (χ0) is 26.9. The fourth-order valence-electron chi connectivity index (χ4n) is 12.7. The molecule has 10 fully saturated rings. The van der Waals surface area contributed by atoms with Crippen LogP contribution in [0.15, 0.2) is 9.98 Å². The van der Waals surface area contributed by atoms with E-state index in [-0.39, 0.29) is 11.1 Å². The molecule has 0 spiro atoms. The molecule has 0 aromatic rings. The molecule has 10 aliphatic rings. The van der Waals surface area contributed by atoms with Gasteiger partial charge in [0.05, 0.1) is 11.6 Å². The molecule has 10 aliphatic carbocycles. The van der Waals surface area contributed by atoms with Crippen LogP contribution >= 0.6 is 0 Å². The number of aliphatic imine (C=N–C) groups is 2. The lowest BCUT2D eigenvalue weighted by atomic mass is 9.52. The van der Waals surface area contributed by atoms with Gasteiger partial charge >= 0.3 is 0 Å². The van der Waals surface area contributed by atoms with Crippen LogP contribution in [-0.2, 0) is 0 Å². The highest BCUT2D eigenvalue weighted by atomic mass is 15.6. The van der Waals surface area contributed by atoms with Crippen LogP contribution in [0.5, 0.6) is 0 Å². The zero-order valence-electron chi connectivity index (χ0n) is 25.1. The third-order valence-electron chi connectivity index (χ3n) is 13.4. The summed E-state index contributed by atoms with van der Waals surface area (Å²) in [7, 11) is 0. The van der Waals surface area contributed by atoms with Crippen molar-refractivity contribution in [1.29, 1.82) is 0 Å². The molecule has 8 bridgehead atoms. The van der Waals surface area contributed by atoms with E-state index in [0.717, 1.165) is 54.3 Å². The number of rotatable bonds is 4. The van der Waals surface area contributed by atoms with Gasteiger partial charge in [-0.15, -0.1) is 0 Å². The maximum Gasteiger partial charge on any atom is 0.219 e. The van der Waals surface area contributed by atoms with E-state index in [0.29, 0.717) is 18.0 Å². The summed E-state index contributed by atoms with van der Waals surface area (Å²) in [5, 5.41) is 1.85. The summed E-state index contributed by atoms with van der Waals surface area (Å²) in [6, 6.07) is 0.870. The van der Waals surface area contributed by atoms with Crippen molar-refractivity contribution in [2.24, 2.45) is 57.1 Å². The monoisotopic (exact) mass is 548 g/mol. The van der Waals surface area contributed by atoms with Gasteiger partial charge in [-0.3, -0.25) is 0 Å². The maximum absolute atomic E-state index is 7.24. The molecule has 0 saturated heterocycles. The third kappa shape index (κ3) is 4.71. The molecule has 10 rings (SSSR count). The first-order chi connectivity index (χ1) is 19.5. The third-order valence-corrected chi connectivity index (χ3v) is 13.4. The average molecular weight is 549 g/mol. The largest absolute Gasteiger partial charge is 0.368 e. The van der Waals surface area contributed by atoms with E-state index in [9.17, 15) is 0 Å². The van der Waals surface area contributed by atoms with Gasteiger partial charge in [-0.25, -0.2) is 20.8 Å². The molecular weight excluding hydrogens is 492 g/mol. The van der Waals surface area contributed by atoms with Gasteiger partial charge in [-0.05, 0) is 138 Å². The first kappa shape index (κ1) is 26.3. The summed E-state index contributed by atoms with van der Waals surface area (Å²) in [5.74, 6) is 14.1. The Morgan fingerprint density at radius 2 is 1.05 bits per heavy atom. The second-order valence-electron chi connectivity index (χ2n) is 16.5. The first-order valence-electron chi connectivity index (χ1n) is 17.7. The summed E-state index contributed by atoms with van der Waals surface area (Å²) < 4.78 is 0. The van der Waals surface area contributed by atoms with Gasteiger partial charge in [0.1, 0.15) is 0 Å². The van der Waals surface area contributed by atoms with Crippen LogP contribution < -0.4 is 11.6 Å². The summed E-state index contributed by atoms with van der Waals surface area (Å²) in [4.78, 5) is 14.0. The van der Waals surface area contributed by atoms with Crippen LogP contribution in [0.1, 0.15) is 141 Å². The lowest BCUT2D eigenvalue weighted by Crippen LogP contribution is -2.69. The quantitative estimate of drug-likeness (QED) is 0.176. The molecule has 0 amide bonds. The van der Waals surface area contributed by atoms with E-state index in [1.807, 2.05) is 5.01 Å². The van der Waals surface area contributed by atoms with E-state index in [4.69, 9.17) is 21.6 Å². The number of nitrogens with two attached hydrogens (primary N) is 2. The molecule has 6 heteroatoms. The van der Waals surface area contributed by atoms with E-state index in [1.54, 1.807) is 0 Å². The van der Waals surface area contributed by atoms with Gasteiger partial charge in [-0.2, -0.15) is 0 Å². The number of hydrogen-bond donors (Lipinski definition) is 2. The van der Waals surface area contributed by atoms with Gasteiger partial charge in [0.25, 0.3) is 0 Å². The van der Waals surface area contributed by atoms with Crippen LogP contribution in [0.2, 0.25) is 0 Å². The fraction of sp³-hybridized carbons (Fsp3) is 0.941. The van der Waals surface area contributed by atoms with Gasteiger partial charge in [0.15, 0.2) is 0 Å². The number of hydrazine groups is 1. The number of guanidine groups is 2. The second kappa shape index (κ2) is 10.2. The molecule has 0 heterocycles. The van der Waals surface area contributed by atoms with Crippen molar-refractivity contribution < 1.29 is 0 Å². The van der Waals surface area contributed by atoms with E-state index >= 15 is 0 Å². The van der Waals surface area contributed by atoms with Crippen LogP contribution in [0, 0.1) is 35.5 Å². The minimum absolute atomic E-state index is 0.0715. The second-order valence-corrected chi connectivity index (χ2v) is 16.5. The molecule has 40 heavy (non-hydrogen) atoms. The van der Waals surface area contributed by atoms with E-state index in [1.165, 1.54) is 128 Å². The standard InChI is InChI=1S/C34H56N6/c35-31(37-29-7-3-1-4-8-29)40(36)32(38-33-17-23-11-24(18-33)13-25(12-23)19-33)39(30-9-5-2-6-10-30)34-20-26-14-27(21-34)16-28(15-26)22-34/h23-30H,1-22,36H2,(H2,35,37). The molecule has 6 nitrogen and oxygen atoms in total. The van der Waals surface area contributed by atoms with Crippen molar-refractivity contribution in [3.63, 3.8) is 0 Å². The highest BCUT2D eigenvalue weighted by molar-refractivity contribution is 5.98. The van der Waals surface area contributed by atoms with Crippen molar-refractivity contribution in [3.05, 3.63) is 0 Å². The Balaban J connectivity index is 1.22. The topological polar surface area (TPSA) is 83.2 Å². The normalized spacial score (nSPS) is 45.3. The molecule has 0 aliphatic heterocycles. The van der Waals surface area contributed by atoms with Crippen molar-refractivity contribution in [3.8, 4) is 0 Å². The molecule has 10 saturated carbocycles. The van der Waals surface area contributed by atoms with Gasteiger partial charge in [0, 0.05) is 11.6 Å². The lowest BCUT2D eigenvalue weighted by molar-refractivity contribution is -0.0825. The molecule has 0 aromatic carbocycles. The average Bonchev–Trinajstić information content (AvgIpc) is 2.92. The highest BCUT2D eigenvalue weighted by Gasteiger charge is 2.57. The van der Waals surface area contributed by atoms with Gasteiger partial charge in [0.2, 0.25) is 11.9 Å². The number of hydrogen-bond acceptors (Lipinski definition) is 3. The molecule has 4 N–H and O–H groups in total. The minimum Gasteiger partial charge on any atom is -0.368 e. The fourth-order valence-corrected chi connectivity index (χ4v) is 12.7. The lowest BCUT2D eigenvalue weighted by Gasteiger charge is -2.63. The molecule has 0 atom stereocenters. The summed E-state index contributed by atoms with van der Waals surface area (Å²) >= 11 is 0. The Morgan fingerprint density at radius 1 is 0.600 bits per heavy atom. The van der Waals surface area contributed by atoms with Crippen molar-refractivity contribution >= 4 is 11.9 Å². The predicted molar refractivity (Wildman–Crippen MR) is 162 cm³/mol. The Bertz CT molecular complexity index is 933. The summed E-state index contributed by atoms with van der Waals surface area (Å²) in [6.07, 6.45) is 29.4. The SMILES string of the molecule is NC(=NC1CCCCC1)N(N)C(=NC12CC3CC(CC(C3)C1)C2)N(C1CCCCC1)C12CC3CC(CC(C3)C1)C2. The van der Waals surface area contributed by atoms with E-state index < -0.39 is 0 Å². The zero-order valence-corrected chi connectivity index (χ0v) is 25.1. The predicted octanol–water partition coefficient (Wildman–Crippen LogP) is 6.74. The van der Waals surface area contributed by atoms with Crippen LogP contribution in [0.4, 0.5) is 0 Å². The summed E-state index contributed by atoms with van der Waals surface area (Å²) in [5.41, 5.74) is 7.21. The Hall–Kier alpha value is -1.30. The van der Waals surface area contributed by atoms with Crippen molar-refractivity contribution in [2.45, 2.75) is 164 Å². The van der Waals surface area contributed by atoms with Crippen LogP contribution in [0.3, 0.4) is 0 Å². The van der Waals surface area contributed by atoms with Gasteiger partial charge < -0.3 is 10.6 Å². The van der Waals surface area contributed by atoms with Gasteiger partial charge in [-0.1, -0.05) is 38.5 Å². The molecule has 222 valence electrons. The number of nitrogens with zero attached hydrogens (tertiary/aromatic N) is 4. The van der Waals surface area contributed by atoms with E-state index in [2.05, 4.69) is 4.90 Å². The van der Waals surface area contributed by atoms with Crippen LogP contribution in [-0.4, -0.2) is 45.0 Å². The Labute approximate surface area is 243 Å². The maximum atomic E-state index is 7.24. The highest BCUT2D eigenvalue weighted by Crippen LogP contribution is 2.60. The summed E-state index contributed by atoms with van der Waals surface area (Å²) in [6.45, 7) is 0. The molecule has 0 unspecified atom stereocenters. The smallest absolute Gasteiger partial charge is 0.219 e. The van der Waals surface area contributed by atoms with Crippen LogP contribution in [0.25, 0.3) is 0 Å². The Morgan fingerprint density at radius 3 is 1.55 bits per heavy atom. The van der Waals surface area contributed by atoms with Crippen molar-refractivity contribution in [2.75, 3.05) is 0 Å². The molecule has 0 radical (unpaired) electrons. The Kier molecular flexibility index (Phi) is 6.69.